The molecule has 0 amide bonds. The Balaban J connectivity index is 2.42. The summed E-state index contributed by atoms with van der Waals surface area (Å²) in [5.74, 6) is -0.0849. The molecule has 1 atom stereocenters. The Kier molecular flexibility index (Phi) is 34.7. The lowest BCUT2D eigenvalue weighted by Gasteiger charge is -2.23. The van der Waals surface area contributed by atoms with E-state index in [9.17, 15) is 19.2 Å². The molecule has 0 radical (unpaired) electrons. The summed E-state index contributed by atoms with van der Waals surface area (Å²) >= 11 is 0. The molecule has 0 aliphatic heterocycles. The summed E-state index contributed by atoms with van der Waals surface area (Å²) in [6.07, 6.45) is 35.7. The normalized spacial score (nSPS) is 12.1. The number of nitrogens with zero attached hydrogens (tertiary/aromatic N) is 1. The van der Waals surface area contributed by atoms with Crippen molar-refractivity contribution in [3.8, 4) is 0 Å². The second-order valence-corrected chi connectivity index (χ2v) is 17.2. The Bertz CT molecular complexity index is 1180. The monoisotopic (exact) mass is 818 g/mol. The Labute approximate surface area is 356 Å². The van der Waals surface area contributed by atoms with Gasteiger partial charge in [-0.15, -0.1) is 0 Å². The van der Waals surface area contributed by atoms with Gasteiger partial charge < -0.3 is 25.0 Å². The minimum Gasteiger partial charge on any atom is -0.463 e. The smallest absolute Gasteiger partial charge is 0.306 e. The van der Waals surface area contributed by atoms with E-state index >= 15 is 0 Å². The maximum atomic E-state index is 12.8. The third-order valence-corrected chi connectivity index (χ3v) is 11.7. The van der Waals surface area contributed by atoms with E-state index in [4.69, 9.17) is 9.47 Å². The number of hydrogen-bond acceptors (Lipinski definition) is 9. The van der Waals surface area contributed by atoms with Crippen molar-refractivity contribution in [3.05, 3.63) is 20.4 Å². The Morgan fingerprint density at radius 3 is 1.41 bits per heavy atom. The number of rotatable bonds is 43. The largest absolute Gasteiger partial charge is 0.463 e. The van der Waals surface area contributed by atoms with Crippen molar-refractivity contribution in [1.29, 1.82) is 0 Å². The number of ether oxygens (including phenoxy) is 2. The van der Waals surface area contributed by atoms with Crippen LogP contribution >= 0.6 is 0 Å². The summed E-state index contributed by atoms with van der Waals surface area (Å²) in [5, 5.41) is 5.99. The molecule has 1 rings (SSSR count). The van der Waals surface area contributed by atoms with E-state index in [2.05, 4.69) is 36.3 Å². The quantitative estimate of drug-likeness (QED) is 0.0378. The zero-order valence-electron chi connectivity index (χ0n) is 38.5. The molecule has 1 aromatic rings. The molecule has 0 spiro atoms. The van der Waals surface area contributed by atoms with Gasteiger partial charge in [0.2, 0.25) is 0 Å². The lowest BCUT2D eigenvalue weighted by Crippen LogP contribution is -2.37. The van der Waals surface area contributed by atoms with E-state index in [1.807, 2.05) is 6.92 Å². The number of carbonyl (C=O) groups is 2. The van der Waals surface area contributed by atoms with Gasteiger partial charge in [-0.3, -0.25) is 19.2 Å². The zero-order valence-corrected chi connectivity index (χ0v) is 38.5. The fourth-order valence-electron chi connectivity index (χ4n) is 7.93. The second-order valence-electron chi connectivity index (χ2n) is 17.2. The molecule has 338 valence electrons. The predicted octanol–water partition coefficient (Wildman–Crippen LogP) is 12.4. The highest BCUT2D eigenvalue weighted by atomic mass is 16.5. The van der Waals surface area contributed by atoms with Crippen LogP contribution in [0, 0.1) is 0 Å². The number of unbranched alkanes of at least 4 members (excludes halogenated alkanes) is 21. The molecule has 0 aliphatic carbocycles. The third kappa shape index (κ3) is 28.1. The Morgan fingerprint density at radius 1 is 0.500 bits per heavy atom. The molecule has 0 bridgehead atoms. The molecule has 9 nitrogen and oxygen atoms in total. The number of carbonyl (C=O) groups excluding carboxylic acids is 2. The standard InChI is InChI=1S/C49H91N3O6/c1-6-9-12-15-19-25-33-42(4)57-44(53)36-29-24-31-40-52(41-32-38-51-47-46(50-5)48(55)49(47)56)39-30-23-18-22-28-37-45(54)58-43(34-26-20-16-13-10-7-2)35-27-21-17-14-11-8-3/h42-43,50-51H,6-41H2,1-5H3. The lowest BCUT2D eigenvalue weighted by molar-refractivity contribution is -0.150. The van der Waals surface area contributed by atoms with Crippen LogP contribution in [-0.2, 0) is 19.1 Å². The van der Waals surface area contributed by atoms with Crippen LogP contribution in [0.3, 0.4) is 0 Å². The number of hydrogen-bond donors (Lipinski definition) is 2. The first-order valence-electron chi connectivity index (χ1n) is 24.6. The molecule has 2 N–H and O–H groups in total. The first-order valence-corrected chi connectivity index (χ1v) is 24.6. The molecule has 0 aromatic heterocycles. The van der Waals surface area contributed by atoms with Gasteiger partial charge in [0.25, 0.3) is 10.9 Å². The van der Waals surface area contributed by atoms with Crippen LogP contribution in [0.25, 0.3) is 0 Å². The molecule has 0 heterocycles. The molecule has 0 saturated heterocycles. The third-order valence-electron chi connectivity index (χ3n) is 11.7. The molecule has 58 heavy (non-hydrogen) atoms. The van der Waals surface area contributed by atoms with Gasteiger partial charge in [0.15, 0.2) is 0 Å². The average molecular weight is 818 g/mol. The van der Waals surface area contributed by atoms with Crippen LogP contribution in [0.15, 0.2) is 9.59 Å². The van der Waals surface area contributed by atoms with E-state index in [-0.39, 0.29) is 24.1 Å². The van der Waals surface area contributed by atoms with Crippen LogP contribution in [-0.4, -0.2) is 62.3 Å². The Hall–Kier alpha value is -2.42. The summed E-state index contributed by atoms with van der Waals surface area (Å²) < 4.78 is 11.7. The highest BCUT2D eigenvalue weighted by molar-refractivity contribution is 5.73. The minimum atomic E-state index is -0.448. The Morgan fingerprint density at radius 2 is 0.897 bits per heavy atom. The van der Waals surface area contributed by atoms with Crippen LogP contribution in [0.4, 0.5) is 11.4 Å². The lowest BCUT2D eigenvalue weighted by atomic mass is 10.0. The van der Waals surface area contributed by atoms with Crippen LogP contribution < -0.4 is 21.5 Å². The summed E-state index contributed by atoms with van der Waals surface area (Å²) in [7, 11) is 1.66. The van der Waals surface area contributed by atoms with Gasteiger partial charge in [-0.2, -0.15) is 0 Å². The number of esters is 2. The average Bonchev–Trinajstić information content (AvgIpc) is 3.21. The molecular weight excluding hydrogens is 727 g/mol. The maximum Gasteiger partial charge on any atom is 0.306 e. The SMILES string of the molecule is CCCCCCCCC(C)OC(=O)CCCCCN(CCCCCCCC(=O)OC(CCCCCCCC)CCCCCCCC)CCCNc1c(NC)c(=O)c1=O. The predicted molar refractivity (Wildman–Crippen MR) is 246 cm³/mol. The molecule has 0 saturated carbocycles. The van der Waals surface area contributed by atoms with Crippen molar-refractivity contribution in [2.45, 2.75) is 245 Å². The van der Waals surface area contributed by atoms with Crippen molar-refractivity contribution < 1.29 is 19.1 Å². The molecule has 0 fully saturated rings. The maximum absolute atomic E-state index is 12.8. The molecule has 1 aromatic carbocycles. The van der Waals surface area contributed by atoms with Crippen LogP contribution in [0.1, 0.15) is 233 Å². The summed E-state index contributed by atoms with van der Waals surface area (Å²) in [6, 6.07) is 0. The van der Waals surface area contributed by atoms with Crippen LogP contribution in [0.5, 0.6) is 0 Å². The topological polar surface area (TPSA) is 114 Å². The van der Waals surface area contributed by atoms with E-state index in [1.54, 1.807) is 7.05 Å². The van der Waals surface area contributed by atoms with E-state index in [0.717, 1.165) is 116 Å². The first kappa shape index (κ1) is 53.6. The summed E-state index contributed by atoms with van der Waals surface area (Å²) in [6.45, 7) is 12.3. The first-order chi connectivity index (χ1) is 28.3. The molecule has 9 heteroatoms. The van der Waals surface area contributed by atoms with Crippen LogP contribution in [0.2, 0.25) is 0 Å². The highest BCUT2D eigenvalue weighted by Crippen LogP contribution is 2.19. The van der Waals surface area contributed by atoms with Gasteiger partial charge in [0.1, 0.15) is 17.5 Å². The van der Waals surface area contributed by atoms with Gasteiger partial charge >= 0.3 is 11.9 Å². The van der Waals surface area contributed by atoms with Crippen molar-refractivity contribution >= 4 is 23.3 Å². The van der Waals surface area contributed by atoms with Gasteiger partial charge in [0.05, 0.1) is 6.10 Å². The van der Waals surface area contributed by atoms with E-state index < -0.39 is 10.9 Å². The highest BCUT2D eigenvalue weighted by Gasteiger charge is 2.19. The summed E-state index contributed by atoms with van der Waals surface area (Å²) in [5.41, 5.74) is -0.101. The van der Waals surface area contributed by atoms with Crippen molar-refractivity contribution in [3.63, 3.8) is 0 Å². The number of anilines is 2. The van der Waals surface area contributed by atoms with Crippen molar-refractivity contribution in [1.82, 2.24) is 4.90 Å². The minimum absolute atomic E-state index is 0.00307. The molecular formula is C49H91N3O6. The molecule has 1 unspecified atom stereocenters. The van der Waals surface area contributed by atoms with Crippen molar-refractivity contribution in [2.24, 2.45) is 0 Å². The molecule has 0 aliphatic rings. The second kappa shape index (κ2) is 37.6. The zero-order chi connectivity index (χ0) is 42.5. The van der Waals surface area contributed by atoms with Gasteiger partial charge in [-0.1, -0.05) is 143 Å². The number of nitrogens with one attached hydrogen (secondary N) is 2. The fourth-order valence-corrected chi connectivity index (χ4v) is 7.93. The fraction of sp³-hybridized carbons (Fsp3) is 0.878. The van der Waals surface area contributed by atoms with Gasteiger partial charge in [0, 0.05) is 26.4 Å². The van der Waals surface area contributed by atoms with Crippen molar-refractivity contribution in [2.75, 3.05) is 43.9 Å². The van der Waals surface area contributed by atoms with Gasteiger partial charge in [-0.05, 0) is 97.2 Å². The summed E-state index contributed by atoms with van der Waals surface area (Å²) in [4.78, 5) is 51.5. The van der Waals surface area contributed by atoms with E-state index in [0.29, 0.717) is 30.8 Å². The van der Waals surface area contributed by atoms with E-state index in [1.165, 1.54) is 96.3 Å². The van der Waals surface area contributed by atoms with Gasteiger partial charge in [-0.25, -0.2) is 0 Å².